The van der Waals surface area contributed by atoms with Crippen molar-refractivity contribution in [2.75, 3.05) is 5.32 Å². The lowest BCUT2D eigenvalue weighted by Crippen LogP contribution is -2.31. The van der Waals surface area contributed by atoms with E-state index < -0.39 is 0 Å². The SMILES string of the molecule is Cc1cc(-c2ccc3ncc(NC(=O)NC4C[C@H]4c4ccccc4)nc3c2)cc(C)c1O. The number of hydrogen-bond acceptors (Lipinski definition) is 4. The van der Waals surface area contributed by atoms with Crippen molar-refractivity contribution in [1.29, 1.82) is 0 Å². The summed E-state index contributed by atoms with van der Waals surface area (Å²) in [5.74, 6) is 1.09. The summed E-state index contributed by atoms with van der Waals surface area (Å²) in [6.07, 6.45) is 2.51. The Kier molecular flexibility index (Phi) is 4.98. The normalized spacial score (nSPS) is 17.2. The third kappa shape index (κ3) is 3.99. The summed E-state index contributed by atoms with van der Waals surface area (Å²) < 4.78 is 0. The molecule has 2 atom stereocenters. The van der Waals surface area contributed by atoms with Crippen LogP contribution in [0.3, 0.4) is 0 Å². The molecule has 1 aliphatic carbocycles. The van der Waals surface area contributed by atoms with Crippen LogP contribution in [0.25, 0.3) is 22.2 Å². The molecule has 160 valence electrons. The summed E-state index contributed by atoms with van der Waals surface area (Å²) in [5, 5.41) is 15.9. The van der Waals surface area contributed by atoms with Gasteiger partial charge in [0.1, 0.15) is 5.75 Å². The van der Waals surface area contributed by atoms with E-state index in [1.54, 1.807) is 6.20 Å². The van der Waals surface area contributed by atoms with Crippen LogP contribution in [0.1, 0.15) is 29.0 Å². The van der Waals surface area contributed by atoms with Gasteiger partial charge in [-0.1, -0.05) is 36.4 Å². The minimum Gasteiger partial charge on any atom is -0.507 e. The second-order valence-corrected chi connectivity index (χ2v) is 8.38. The van der Waals surface area contributed by atoms with E-state index in [2.05, 4.69) is 32.7 Å². The number of rotatable bonds is 4. The van der Waals surface area contributed by atoms with Crippen molar-refractivity contribution in [2.24, 2.45) is 0 Å². The lowest BCUT2D eigenvalue weighted by atomic mass is 9.99. The second kappa shape index (κ2) is 7.96. The van der Waals surface area contributed by atoms with Crippen LogP contribution < -0.4 is 10.6 Å². The quantitative estimate of drug-likeness (QED) is 0.415. The molecule has 0 radical (unpaired) electrons. The number of aromatic hydroxyl groups is 1. The van der Waals surface area contributed by atoms with Crippen LogP contribution in [0.2, 0.25) is 0 Å². The Morgan fingerprint density at radius 3 is 2.47 bits per heavy atom. The minimum atomic E-state index is -0.275. The number of nitrogens with one attached hydrogen (secondary N) is 2. The van der Waals surface area contributed by atoms with E-state index in [1.165, 1.54) is 5.56 Å². The molecular formula is C26H24N4O2. The number of hydrogen-bond donors (Lipinski definition) is 3. The van der Waals surface area contributed by atoms with Crippen LogP contribution in [0.4, 0.5) is 10.6 Å². The van der Waals surface area contributed by atoms with Crippen molar-refractivity contribution in [3.8, 4) is 16.9 Å². The zero-order chi connectivity index (χ0) is 22.2. The van der Waals surface area contributed by atoms with Gasteiger partial charge in [0.2, 0.25) is 0 Å². The van der Waals surface area contributed by atoms with Gasteiger partial charge in [0.25, 0.3) is 0 Å². The van der Waals surface area contributed by atoms with Gasteiger partial charge in [0.05, 0.1) is 17.2 Å². The summed E-state index contributed by atoms with van der Waals surface area (Å²) in [7, 11) is 0. The van der Waals surface area contributed by atoms with Crippen molar-refractivity contribution in [2.45, 2.75) is 32.2 Å². The number of aryl methyl sites for hydroxylation is 2. The molecule has 1 fully saturated rings. The Morgan fingerprint density at radius 2 is 1.72 bits per heavy atom. The Bertz CT molecular complexity index is 1300. The van der Waals surface area contributed by atoms with Crippen molar-refractivity contribution >= 4 is 22.9 Å². The van der Waals surface area contributed by atoms with Crippen LogP contribution in [-0.4, -0.2) is 27.1 Å². The number of aromatic nitrogens is 2. The average Bonchev–Trinajstić information content (AvgIpc) is 3.56. The van der Waals surface area contributed by atoms with Gasteiger partial charge in [-0.2, -0.15) is 0 Å². The first-order chi connectivity index (χ1) is 15.5. The number of carbonyl (C=O) groups excluding carboxylic acids is 1. The lowest BCUT2D eigenvalue weighted by molar-refractivity contribution is 0.251. The van der Waals surface area contributed by atoms with E-state index in [1.807, 2.05) is 62.4 Å². The Morgan fingerprint density at radius 1 is 0.969 bits per heavy atom. The number of carbonyl (C=O) groups is 1. The molecule has 0 saturated heterocycles. The molecule has 1 unspecified atom stereocenters. The summed E-state index contributed by atoms with van der Waals surface area (Å²) in [6.45, 7) is 3.77. The zero-order valence-electron chi connectivity index (χ0n) is 18.0. The molecule has 1 heterocycles. The van der Waals surface area contributed by atoms with Crippen molar-refractivity contribution in [3.63, 3.8) is 0 Å². The number of phenols is 1. The first-order valence-corrected chi connectivity index (χ1v) is 10.7. The highest BCUT2D eigenvalue weighted by atomic mass is 16.3. The maximum Gasteiger partial charge on any atom is 0.320 e. The number of nitrogens with zero attached hydrogens (tertiary/aromatic N) is 2. The predicted octanol–water partition coefficient (Wildman–Crippen LogP) is 5.30. The summed E-state index contributed by atoms with van der Waals surface area (Å²) in [5.41, 5.74) is 6.31. The Labute approximate surface area is 186 Å². The maximum atomic E-state index is 12.5. The van der Waals surface area contributed by atoms with E-state index in [0.29, 0.717) is 23.0 Å². The highest BCUT2D eigenvalue weighted by Gasteiger charge is 2.39. The fraction of sp³-hybridized carbons (Fsp3) is 0.192. The predicted molar refractivity (Wildman–Crippen MR) is 126 cm³/mol. The highest BCUT2D eigenvalue weighted by Crippen LogP contribution is 2.40. The molecule has 1 aliphatic rings. The topological polar surface area (TPSA) is 87.1 Å². The van der Waals surface area contributed by atoms with Gasteiger partial charge >= 0.3 is 6.03 Å². The zero-order valence-corrected chi connectivity index (χ0v) is 18.0. The van der Waals surface area contributed by atoms with Crippen LogP contribution in [0.15, 0.2) is 66.9 Å². The minimum absolute atomic E-state index is 0.137. The van der Waals surface area contributed by atoms with Gasteiger partial charge in [0.15, 0.2) is 5.82 Å². The van der Waals surface area contributed by atoms with Gasteiger partial charge in [0, 0.05) is 12.0 Å². The molecule has 1 saturated carbocycles. The van der Waals surface area contributed by atoms with Crippen molar-refractivity contribution < 1.29 is 9.90 Å². The highest BCUT2D eigenvalue weighted by molar-refractivity contribution is 5.90. The fourth-order valence-electron chi connectivity index (χ4n) is 4.12. The van der Waals surface area contributed by atoms with Crippen LogP contribution in [0, 0.1) is 13.8 Å². The van der Waals surface area contributed by atoms with Gasteiger partial charge in [-0.3, -0.25) is 10.3 Å². The monoisotopic (exact) mass is 424 g/mol. The first kappa shape index (κ1) is 20.0. The smallest absolute Gasteiger partial charge is 0.320 e. The molecule has 3 N–H and O–H groups in total. The van der Waals surface area contributed by atoms with Crippen LogP contribution in [0.5, 0.6) is 5.75 Å². The molecule has 0 aliphatic heterocycles. The number of phenolic OH excluding ortho intramolecular Hbond substituents is 1. The fourth-order valence-corrected chi connectivity index (χ4v) is 4.12. The molecule has 0 spiro atoms. The Hall–Kier alpha value is -3.93. The molecular weight excluding hydrogens is 400 g/mol. The number of fused-ring (bicyclic) bond motifs is 1. The van der Waals surface area contributed by atoms with E-state index in [4.69, 9.17) is 0 Å². The summed E-state index contributed by atoms with van der Waals surface area (Å²) in [6, 6.07) is 19.8. The molecule has 5 rings (SSSR count). The average molecular weight is 425 g/mol. The van der Waals surface area contributed by atoms with Crippen molar-refractivity contribution in [3.05, 3.63) is 83.6 Å². The first-order valence-electron chi connectivity index (χ1n) is 10.7. The molecule has 2 amide bonds. The molecule has 0 bridgehead atoms. The van der Waals surface area contributed by atoms with Crippen LogP contribution in [-0.2, 0) is 0 Å². The molecule has 1 aromatic heterocycles. The van der Waals surface area contributed by atoms with E-state index in [0.717, 1.165) is 34.2 Å². The van der Waals surface area contributed by atoms with Gasteiger partial charge < -0.3 is 10.4 Å². The van der Waals surface area contributed by atoms with Crippen LogP contribution >= 0.6 is 0 Å². The molecule has 6 nitrogen and oxygen atoms in total. The number of benzene rings is 3. The number of anilines is 1. The molecule has 4 aromatic rings. The summed E-state index contributed by atoms with van der Waals surface area (Å²) >= 11 is 0. The maximum absolute atomic E-state index is 12.5. The van der Waals surface area contributed by atoms with E-state index in [-0.39, 0.29) is 12.1 Å². The van der Waals surface area contributed by atoms with Gasteiger partial charge in [-0.25, -0.2) is 9.78 Å². The molecule has 3 aromatic carbocycles. The Balaban J connectivity index is 1.31. The van der Waals surface area contributed by atoms with Gasteiger partial charge in [-0.15, -0.1) is 0 Å². The van der Waals surface area contributed by atoms with E-state index in [9.17, 15) is 9.90 Å². The van der Waals surface area contributed by atoms with Crippen molar-refractivity contribution in [1.82, 2.24) is 15.3 Å². The van der Waals surface area contributed by atoms with E-state index >= 15 is 0 Å². The second-order valence-electron chi connectivity index (χ2n) is 8.38. The number of amides is 2. The lowest BCUT2D eigenvalue weighted by Gasteiger charge is -2.10. The third-order valence-electron chi connectivity index (χ3n) is 5.94. The number of urea groups is 1. The largest absolute Gasteiger partial charge is 0.507 e. The summed E-state index contributed by atoms with van der Waals surface area (Å²) in [4.78, 5) is 21.5. The van der Waals surface area contributed by atoms with Gasteiger partial charge in [-0.05, 0) is 72.4 Å². The molecule has 6 heteroatoms. The molecule has 32 heavy (non-hydrogen) atoms. The standard InChI is InChI=1S/C26H24N4O2/c1-15-10-19(11-16(2)25(15)31)18-8-9-21-23(12-18)28-24(14-27-21)30-26(32)29-22-13-20(22)17-6-4-3-5-7-17/h3-12,14,20,22,31H,13H2,1-2H3,(H2,28,29,30,32)/t20-,22?/m0/s1. The third-order valence-corrected chi connectivity index (χ3v) is 5.94.